The number of hydrogen-bond acceptors (Lipinski definition) is 2. The van der Waals surface area contributed by atoms with E-state index in [-0.39, 0.29) is 11.8 Å². The Bertz CT molecular complexity index is 282. The van der Waals surface area contributed by atoms with Gasteiger partial charge in [-0.05, 0) is 17.8 Å². The molecule has 0 aromatic heterocycles. The average molecular weight is 254 g/mol. The summed E-state index contributed by atoms with van der Waals surface area (Å²) in [5.74, 6) is 1.83. The Morgan fingerprint density at radius 1 is 1.11 bits per heavy atom. The molecule has 2 unspecified atom stereocenters. The Kier molecular flexibility index (Phi) is 6.16. The zero-order valence-electron chi connectivity index (χ0n) is 11.8. The Labute approximate surface area is 110 Å². The van der Waals surface area contributed by atoms with Crippen molar-refractivity contribution in [1.82, 2.24) is 10.6 Å². The first-order valence-electron chi connectivity index (χ1n) is 7.02. The number of carbonyl (C=O) groups excluding carboxylic acids is 2. The quantitative estimate of drug-likeness (QED) is 0.784. The minimum atomic E-state index is -0.0327. The van der Waals surface area contributed by atoms with Gasteiger partial charge in [-0.15, -0.1) is 0 Å². The van der Waals surface area contributed by atoms with Crippen LogP contribution < -0.4 is 10.6 Å². The molecule has 0 spiro atoms. The highest BCUT2D eigenvalue weighted by atomic mass is 16.2. The molecule has 1 aliphatic rings. The van der Waals surface area contributed by atoms with E-state index in [0.717, 1.165) is 0 Å². The molecular formula is C14H26N2O2. The van der Waals surface area contributed by atoms with Crippen molar-refractivity contribution in [1.29, 1.82) is 0 Å². The van der Waals surface area contributed by atoms with Crippen LogP contribution in [0.4, 0.5) is 0 Å². The van der Waals surface area contributed by atoms with Gasteiger partial charge in [-0.1, -0.05) is 33.1 Å². The first kappa shape index (κ1) is 15.0. The van der Waals surface area contributed by atoms with E-state index < -0.39 is 0 Å². The van der Waals surface area contributed by atoms with Crippen LogP contribution in [0.15, 0.2) is 0 Å². The molecule has 0 aliphatic heterocycles. The first-order chi connectivity index (χ1) is 8.54. The summed E-state index contributed by atoms with van der Waals surface area (Å²) in [4.78, 5) is 22.9. The van der Waals surface area contributed by atoms with Crippen molar-refractivity contribution in [2.24, 2.45) is 17.8 Å². The standard InChI is InChI=1S/C14H26N2O2/c1-10-5-4-6-11(2)12(10)9-14(18)16-8-7-13(17)15-3/h10-12H,4-9H2,1-3H3,(H,15,17)(H,16,18). The molecule has 2 N–H and O–H groups in total. The lowest BCUT2D eigenvalue weighted by molar-refractivity contribution is -0.123. The van der Waals surface area contributed by atoms with Crippen molar-refractivity contribution in [2.45, 2.75) is 46.0 Å². The van der Waals surface area contributed by atoms with Crippen LogP contribution in [-0.4, -0.2) is 25.4 Å². The summed E-state index contributed by atoms with van der Waals surface area (Å²) in [6, 6.07) is 0. The van der Waals surface area contributed by atoms with Gasteiger partial charge in [0.15, 0.2) is 0 Å². The van der Waals surface area contributed by atoms with Gasteiger partial charge in [-0.25, -0.2) is 0 Å². The molecule has 0 bridgehead atoms. The van der Waals surface area contributed by atoms with Gasteiger partial charge in [0, 0.05) is 26.4 Å². The SMILES string of the molecule is CNC(=O)CCNC(=O)CC1C(C)CCCC1C. The fourth-order valence-electron chi connectivity index (χ4n) is 2.88. The Balaban J connectivity index is 2.28. The smallest absolute Gasteiger partial charge is 0.221 e. The lowest BCUT2D eigenvalue weighted by Crippen LogP contribution is -2.34. The van der Waals surface area contributed by atoms with Gasteiger partial charge in [-0.2, -0.15) is 0 Å². The third-order valence-electron chi connectivity index (χ3n) is 4.15. The number of carbonyl (C=O) groups is 2. The molecule has 0 heterocycles. The maximum atomic E-state index is 11.8. The van der Waals surface area contributed by atoms with Gasteiger partial charge >= 0.3 is 0 Å². The van der Waals surface area contributed by atoms with Gasteiger partial charge in [0.25, 0.3) is 0 Å². The Hall–Kier alpha value is -1.06. The van der Waals surface area contributed by atoms with Crippen molar-refractivity contribution in [3.05, 3.63) is 0 Å². The molecule has 4 nitrogen and oxygen atoms in total. The van der Waals surface area contributed by atoms with Gasteiger partial charge in [0.2, 0.25) is 11.8 Å². The zero-order chi connectivity index (χ0) is 13.5. The van der Waals surface area contributed by atoms with E-state index in [9.17, 15) is 9.59 Å². The summed E-state index contributed by atoms with van der Waals surface area (Å²) in [7, 11) is 1.61. The van der Waals surface area contributed by atoms with Crippen molar-refractivity contribution < 1.29 is 9.59 Å². The highest BCUT2D eigenvalue weighted by Gasteiger charge is 2.29. The summed E-state index contributed by atoms with van der Waals surface area (Å²) in [5.41, 5.74) is 0. The molecule has 104 valence electrons. The van der Waals surface area contributed by atoms with Crippen molar-refractivity contribution in [3.8, 4) is 0 Å². The topological polar surface area (TPSA) is 58.2 Å². The fraction of sp³-hybridized carbons (Fsp3) is 0.857. The summed E-state index contributed by atoms with van der Waals surface area (Å²) in [6.45, 7) is 4.93. The van der Waals surface area contributed by atoms with Gasteiger partial charge in [0.05, 0.1) is 0 Å². The summed E-state index contributed by atoms with van der Waals surface area (Å²) < 4.78 is 0. The molecular weight excluding hydrogens is 228 g/mol. The van der Waals surface area contributed by atoms with Crippen LogP contribution in [0, 0.1) is 17.8 Å². The molecule has 0 radical (unpaired) electrons. The molecule has 0 aromatic carbocycles. The Morgan fingerprint density at radius 2 is 1.72 bits per heavy atom. The maximum absolute atomic E-state index is 11.8. The molecule has 0 aromatic rings. The Morgan fingerprint density at radius 3 is 2.28 bits per heavy atom. The largest absolute Gasteiger partial charge is 0.359 e. The first-order valence-corrected chi connectivity index (χ1v) is 7.02. The molecule has 1 fully saturated rings. The molecule has 0 saturated heterocycles. The summed E-state index contributed by atoms with van der Waals surface area (Å²) in [5, 5.41) is 5.38. The predicted octanol–water partition coefficient (Wildman–Crippen LogP) is 1.70. The summed E-state index contributed by atoms with van der Waals surface area (Å²) in [6.07, 6.45) is 4.73. The van der Waals surface area contributed by atoms with Crippen LogP contribution in [-0.2, 0) is 9.59 Å². The van der Waals surface area contributed by atoms with Crippen LogP contribution in [0.2, 0.25) is 0 Å². The van der Waals surface area contributed by atoms with Crippen LogP contribution in [0.3, 0.4) is 0 Å². The molecule has 2 atom stereocenters. The second kappa shape index (κ2) is 7.39. The van der Waals surface area contributed by atoms with E-state index in [1.54, 1.807) is 7.05 Å². The van der Waals surface area contributed by atoms with Gasteiger partial charge in [-0.3, -0.25) is 9.59 Å². The second-order valence-corrected chi connectivity index (χ2v) is 5.53. The lowest BCUT2D eigenvalue weighted by atomic mass is 9.72. The number of rotatable bonds is 5. The van der Waals surface area contributed by atoms with E-state index in [1.807, 2.05) is 0 Å². The third-order valence-corrected chi connectivity index (χ3v) is 4.15. The molecule has 1 saturated carbocycles. The maximum Gasteiger partial charge on any atom is 0.221 e. The fourth-order valence-corrected chi connectivity index (χ4v) is 2.88. The van der Waals surface area contributed by atoms with E-state index in [1.165, 1.54) is 19.3 Å². The highest BCUT2D eigenvalue weighted by Crippen LogP contribution is 2.36. The number of amides is 2. The average Bonchev–Trinajstić information content (AvgIpc) is 2.34. The molecule has 4 heteroatoms. The van der Waals surface area contributed by atoms with Crippen LogP contribution >= 0.6 is 0 Å². The molecule has 2 amide bonds. The van der Waals surface area contributed by atoms with E-state index in [0.29, 0.717) is 37.1 Å². The predicted molar refractivity (Wildman–Crippen MR) is 72.0 cm³/mol. The normalized spacial score (nSPS) is 27.6. The number of hydrogen-bond donors (Lipinski definition) is 2. The molecule has 1 aliphatic carbocycles. The summed E-state index contributed by atoms with van der Waals surface area (Å²) >= 11 is 0. The third kappa shape index (κ3) is 4.67. The monoisotopic (exact) mass is 254 g/mol. The minimum absolute atomic E-state index is 0.0327. The van der Waals surface area contributed by atoms with Gasteiger partial charge in [0.1, 0.15) is 0 Å². The van der Waals surface area contributed by atoms with Crippen LogP contribution in [0.25, 0.3) is 0 Å². The van der Waals surface area contributed by atoms with E-state index in [2.05, 4.69) is 24.5 Å². The van der Waals surface area contributed by atoms with Crippen molar-refractivity contribution >= 4 is 11.8 Å². The second-order valence-electron chi connectivity index (χ2n) is 5.53. The minimum Gasteiger partial charge on any atom is -0.359 e. The van der Waals surface area contributed by atoms with E-state index in [4.69, 9.17) is 0 Å². The van der Waals surface area contributed by atoms with Crippen molar-refractivity contribution in [2.75, 3.05) is 13.6 Å². The zero-order valence-corrected chi connectivity index (χ0v) is 11.8. The van der Waals surface area contributed by atoms with Gasteiger partial charge < -0.3 is 10.6 Å². The highest BCUT2D eigenvalue weighted by molar-refractivity contribution is 5.78. The lowest BCUT2D eigenvalue weighted by Gasteiger charge is -2.34. The number of nitrogens with one attached hydrogen (secondary N) is 2. The molecule has 1 rings (SSSR count). The van der Waals surface area contributed by atoms with Crippen LogP contribution in [0.5, 0.6) is 0 Å². The van der Waals surface area contributed by atoms with E-state index >= 15 is 0 Å². The van der Waals surface area contributed by atoms with Crippen LogP contribution in [0.1, 0.15) is 46.0 Å². The molecule has 18 heavy (non-hydrogen) atoms. The van der Waals surface area contributed by atoms with Crippen molar-refractivity contribution in [3.63, 3.8) is 0 Å².